The van der Waals surface area contributed by atoms with Gasteiger partial charge in [-0.25, -0.2) is 9.97 Å². The van der Waals surface area contributed by atoms with Gasteiger partial charge in [-0.1, -0.05) is 5.16 Å². The van der Waals surface area contributed by atoms with Gasteiger partial charge in [-0.3, -0.25) is 4.99 Å². The van der Waals surface area contributed by atoms with Gasteiger partial charge in [0.2, 0.25) is 0 Å². The molecule has 0 N–H and O–H groups in total. The van der Waals surface area contributed by atoms with E-state index in [0.29, 0.717) is 0 Å². The van der Waals surface area contributed by atoms with Crippen molar-refractivity contribution < 1.29 is 4.52 Å². The highest BCUT2D eigenvalue weighted by atomic mass is 16.5. The Hall–Kier alpha value is -2.82. The minimum Gasteiger partial charge on any atom is -0.356 e. The zero-order valence-corrected chi connectivity index (χ0v) is 10.9. The minimum absolute atomic E-state index is 0.744. The van der Waals surface area contributed by atoms with Crippen molar-refractivity contribution in [3.8, 4) is 11.3 Å². The zero-order chi connectivity index (χ0) is 13.8. The normalized spacial score (nSPS) is 11.6. The van der Waals surface area contributed by atoms with Gasteiger partial charge in [0.1, 0.15) is 6.33 Å². The fraction of sp³-hybridized carbons (Fsp3) is 0.0667. The predicted molar refractivity (Wildman–Crippen MR) is 75.8 cm³/mol. The first-order valence-electron chi connectivity index (χ1n) is 6.15. The van der Waals surface area contributed by atoms with Crippen molar-refractivity contribution in [1.29, 1.82) is 0 Å². The van der Waals surface area contributed by atoms with Crippen molar-refractivity contribution in [2.45, 2.75) is 6.92 Å². The molecule has 0 bridgehead atoms. The van der Waals surface area contributed by atoms with Crippen molar-refractivity contribution in [3.05, 3.63) is 60.8 Å². The molecule has 0 aliphatic heterocycles. The number of benzene rings is 1. The average Bonchev–Trinajstić information content (AvgIpc) is 3.03. The van der Waals surface area contributed by atoms with E-state index in [4.69, 9.17) is 4.52 Å². The number of nitrogens with zero attached hydrogens (tertiary/aromatic N) is 4. The van der Waals surface area contributed by atoms with E-state index in [0.717, 1.165) is 28.3 Å². The molecule has 5 heteroatoms. The maximum atomic E-state index is 5.11. The second-order valence-electron chi connectivity index (χ2n) is 4.25. The summed E-state index contributed by atoms with van der Waals surface area (Å²) in [4.78, 5) is 12.5. The summed E-state index contributed by atoms with van der Waals surface area (Å²) in [6.45, 7) is 1.93. The maximum absolute atomic E-state index is 5.11. The van der Waals surface area contributed by atoms with Gasteiger partial charge in [0.15, 0.2) is 5.76 Å². The van der Waals surface area contributed by atoms with E-state index < -0.39 is 0 Å². The van der Waals surface area contributed by atoms with Crippen LogP contribution in [0.5, 0.6) is 0 Å². The van der Waals surface area contributed by atoms with Crippen molar-refractivity contribution in [2.24, 2.45) is 4.99 Å². The lowest BCUT2D eigenvalue weighted by Crippen LogP contribution is -1.95. The molecule has 98 valence electrons. The van der Waals surface area contributed by atoms with E-state index in [-0.39, 0.29) is 0 Å². The van der Waals surface area contributed by atoms with E-state index in [1.165, 1.54) is 6.33 Å². The molecular weight excluding hydrogens is 252 g/mol. The summed E-state index contributed by atoms with van der Waals surface area (Å²) < 4.78 is 5.11. The Balaban J connectivity index is 1.85. The highest BCUT2D eigenvalue weighted by molar-refractivity contribution is 5.99. The van der Waals surface area contributed by atoms with Gasteiger partial charge < -0.3 is 4.52 Å². The smallest absolute Gasteiger partial charge is 0.166 e. The van der Waals surface area contributed by atoms with Gasteiger partial charge in [-0.15, -0.1) is 0 Å². The first-order valence-corrected chi connectivity index (χ1v) is 6.15. The first kappa shape index (κ1) is 12.2. The van der Waals surface area contributed by atoms with Crippen molar-refractivity contribution in [2.75, 3.05) is 0 Å². The Morgan fingerprint density at radius 1 is 1.05 bits per heavy atom. The molecule has 3 rings (SSSR count). The van der Waals surface area contributed by atoms with Crippen LogP contribution in [0.1, 0.15) is 12.5 Å². The van der Waals surface area contributed by atoms with Gasteiger partial charge in [0.05, 0.1) is 11.9 Å². The lowest BCUT2D eigenvalue weighted by Gasteiger charge is -2.01. The predicted octanol–water partition coefficient (Wildman–Crippen LogP) is 3.27. The molecule has 0 atom stereocenters. The van der Waals surface area contributed by atoms with Crippen LogP contribution < -0.4 is 0 Å². The fourth-order valence-electron chi connectivity index (χ4n) is 1.81. The molecule has 0 aliphatic carbocycles. The molecule has 0 fully saturated rings. The molecule has 0 radical (unpaired) electrons. The van der Waals surface area contributed by atoms with Crippen molar-refractivity contribution in [3.63, 3.8) is 0 Å². The Kier molecular flexibility index (Phi) is 3.33. The summed E-state index contributed by atoms with van der Waals surface area (Å²) in [6.07, 6.45) is 6.62. The SMILES string of the molecule is C/C(=N\c1ccc(-c2ccno2)cc1)c1cncnc1. The fourth-order valence-corrected chi connectivity index (χ4v) is 1.81. The molecule has 2 heterocycles. The standard InChI is InChI=1S/C15H12N4O/c1-11(13-8-16-10-17-9-13)19-14-4-2-12(3-5-14)15-6-7-18-20-15/h2-10H,1H3/b19-11+. The summed E-state index contributed by atoms with van der Waals surface area (Å²) in [7, 11) is 0. The largest absolute Gasteiger partial charge is 0.356 e. The van der Waals surface area contributed by atoms with Gasteiger partial charge in [-0.2, -0.15) is 0 Å². The van der Waals surface area contributed by atoms with Crippen LogP contribution >= 0.6 is 0 Å². The van der Waals surface area contributed by atoms with E-state index >= 15 is 0 Å². The molecule has 5 nitrogen and oxygen atoms in total. The number of hydrogen-bond donors (Lipinski definition) is 0. The summed E-state index contributed by atoms with van der Waals surface area (Å²) in [5.74, 6) is 0.744. The van der Waals surface area contributed by atoms with Gasteiger partial charge in [-0.05, 0) is 31.2 Å². The lowest BCUT2D eigenvalue weighted by molar-refractivity contribution is 0.432. The molecule has 0 aliphatic rings. The molecule has 0 unspecified atom stereocenters. The quantitative estimate of drug-likeness (QED) is 0.681. The molecule has 0 amide bonds. The summed E-state index contributed by atoms with van der Waals surface area (Å²) in [6, 6.07) is 9.60. The summed E-state index contributed by atoms with van der Waals surface area (Å²) in [5.41, 5.74) is 3.63. The number of hydrogen-bond acceptors (Lipinski definition) is 5. The Morgan fingerprint density at radius 3 is 2.45 bits per heavy atom. The van der Waals surface area contributed by atoms with E-state index in [1.807, 2.05) is 37.3 Å². The van der Waals surface area contributed by atoms with Crippen LogP contribution in [-0.2, 0) is 0 Å². The first-order chi connectivity index (χ1) is 9.83. The third-order valence-electron chi connectivity index (χ3n) is 2.86. The van der Waals surface area contributed by atoms with Crippen molar-refractivity contribution in [1.82, 2.24) is 15.1 Å². The highest BCUT2D eigenvalue weighted by Crippen LogP contribution is 2.22. The molecule has 3 aromatic rings. The average molecular weight is 264 g/mol. The van der Waals surface area contributed by atoms with Crippen LogP contribution in [0.2, 0.25) is 0 Å². The molecule has 0 spiro atoms. The van der Waals surface area contributed by atoms with Crippen LogP contribution in [-0.4, -0.2) is 20.8 Å². The highest BCUT2D eigenvalue weighted by Gasteiger charge is 2.02. The third-order valence-corrected chi connectivity index (χ3v) is 2.86. The zero-order valence-electron chi connectivity index (χ0n) is 10.9. The topological polar surface area (TPSA) is 64.2 Å². The van der Waals surface area contributed by atoms with Crippen LogP contribution in [0.25, 0.3) is 11.3 Å². The van der Waals surface area contributed by atoms with Crippen molar-refractivity contribution >= 4 is 11.4 Å². The van der Waals surface area contributed by atoms with Gasteiger partial charge in [0, 0.05) is 35.3 Å². The molecular formula is C15H12N4O. The monoisotopic (exact) mass is 264 g/mol. The molecule has 0 saturated heterocycles. The molecule has 20 heavy (non-hydrogen) atoms. The van der Waals surface area contributed by atoms with E-state index in [2.05, 4.69) is 20.1 Å². The maximum Gasteiger partial charge on any atom is 0.166 e. The van der Waals surface area contributed by atoms with E-state index in [1.54, 1.807) is 18.6 Å². The second-order valence-corrected chi connectivity index (χ2v) is 4.25. The second kappa shape index (κ2) is 5.44. The third kappa shape index (κ3) is 2.61. The summed E-state index contributed by atoms with van der Waals surface area (Å²) in [5, 5.41) is 3.69. The van der Waals surface area contributed by atoms with Gasteiger partial charge in [0.25, 0.3) is 0 Å². The Labute approximate surface area is 116 Å². The Morgan fingerprint density at radius 2 is 1.80 bits per heavy atom. The molecule has 1 aromatic carbocycles. The van der Waals surface area contributed by atoms with Crippen LogP contribution in [0, 0.1) is 0 Å². The summed E-state index contributed by atoms with van der Waals surface area (Å²) >= 11 is 0. The minimum atomic E-state index is 0.744. The van der Waals surface area contributed by atoms with Crippen LogP contribution in [0.3, 0.4) is 0 Å². The van der Waals surface area contributed by atoms with Crippen LogP contribution in [0.15, 0.2) is 64.8 Å². The van der Waals surface area contributed by atoms with Gasteiger partial charge >= 0.3 is 0 Å². The number of aliphatic imine (C=N–C) groups is 1. The molecule has 0 saturated carbocycles. The lowest BCUT2D eigenvalue weighted by atomic mass is 10.1. The van der Waals surface area contributed by atoms with Crippen LogP contribution in [0.4, 0.5) is 5.69 Å². The van der Waals surface area contributed by atoms with E-state index in [9.17, 15) is 0 Å². The number of rotatable bonds is 3. The molecule has 2 aromatic heterocycles. The Bertz CT molecular complexity index is 703. The number of aromatic nitrogens is 3.